The van der Waals surface area contributed by atoms with Crippen LogP contribution in [0.5, 0.6) is 0 Å². The van der Waals surface area contributed by atoms with Crippen LogP contribution in [0.2, 0.25) is 0 Å². The van der Waals surface area contributed by atoms with Crippen LogP contribution in [0.3, 0.4) is 0 Å². The molecule has 1 rings (SSSR count). The van der Waals surface area contributed by atoms with E-state index in [2.05, 4.69) is 24.1 Å². The number of hydrogen-bond acceptors (Lipinski definition) is 2. The summed E-state index contributed by atoms with van der Waals surface area (Å²) in [6, 6.07) is 0.308. The first kappa shape index (κ1) is 13.5. The molecule has 1 aliphatic rings. The summed E-state index contributed by atoms with van der Waals surface area (Å²) in [5.41, 5.74) is 0. The molecule has 1 heterocycles. The molecular weight excluding hydrogens is 200 g/mol. The first-order chi connectivity index (χ1) is 7.72. The summed E-state index contributed by atoms with van der Waals surface area (Å²) in [5, 5.41) is 3.03. The molecule has 0 radical (unpaired) electrons. The molecule has 3 heteroatoms. The van der Waals surface area contributed by atoms with Crippen molar-refractivity contribution in [2.45, 2.75) is 58.4 Å². The fourth-order valence-electron chi connectivity index (χ4n) is 2.10. The van der Waals surface area contributed by atoms with Crippen molar-refractivity contribution in [1.29, 1.82) is 0 Å². The molecule has 94 valence electrons. The van der Waals surface area contributed by atoms with Crippen molar-refractivity contribution in [1.82, 2.24) is 10.2 Å². The Kier molecular flexibility index (Phi) is 6.46. The Balaban J connectivity index is 2.25. The molecule has 1 atom stereocenters. The van der Waals surface area contributed by atoms with E-state index in [0.29, 0.717) is 12.6 Å². The third kappa shape index (κ3) is 5.50. The highest BCUT2D eigenvalue weighted by Gasteiger charge is 2.13. The highest BCUT2D eigenvalue weighted by molar-refractivity contribution is 5.78. The number of likely N-dealkylation sites (tertiary alicyclic amines) is 1. The SMILES string of the molecule is CC[C@@H](C)NC(=O)CN1CCCCCCC1. The van der Waals surface area contributed by atoms with E-state index in [1.54, 1.807) is 0 Å². The highest BCUT2D eigenvalue weighted by Crippen LogP contribution is 2.09. The number of nitrogens with one attached hydrogen (secondary N) is 1. The van der Waals surface area contributed by atoms with Gasteiger partial charge in [-0.25, -0.2) is 0 Å². The molecule has 1 amide bonds. The maximum atomic E-state index is 11.7. The second kappa shape index (κ2) is 7.66. The second-order valence-corrected chi connectivity index (χ2v) is 4.92. The van der Waals surface area contributed by atoms with Gasteiger partial charge in [0.15, 0.2) is 0 Å². The molecule has 0 spiro atoms. The van der Waals surface area contributed by atoms with Gasteiger partial charge in [0.25, 0.3) is 0 Å². The Morgan fingerprint density at radius 3 is 2.31 bits per heavy atom. The Bertz CT molecular complexity index is 198. The molecular formula is C13H26N2O. The minimum Gasteiger partial charge on any atom is -0.353 e. The molecule has 0 aromatic carbocycles. The Morgan fingerprint density at radius 2 is 1.75 bits per heavy atom. The first-order valence-corrected chi connectivity index (χ1v) is 6.74. The normalized spacial score (nSPS) is 20.9. The lowest BCUT2D eigenvalue weighted by molar-refractivity contribution is -0.122. The van der Waals surface area contributed by atoms with Crippen molar-refractivity contribution in [3.05, 3.63) is 0 Å². The van der Waals surface area contributed by atoms with E-state index in [9.17, 15) is 4.79 Å². The molecule has 0 aromatic rings. The minimum atomic E-state index is 0.190. The molecule has 1 saturated heterocycles. The van der Waals surface area contributed by atoms with Crippen LogP contribution in [-0.4, -0.2) is 36.5 Å². The van der Waals surface area contributed by atoms with E-state index >= 15 is 0 Å². The van der Waals surface area contributed by atoms with Crippen LogP contribution in [0.15, 0.2) is 0 Å². The van der Waals surface area contributed by atoms with Gasteiger partial charge < -0.3 is 5.32 Å². The zero-order valence-electron chi connectivity index (χ0n) is 10.8. The third-order valence-electron chi connectivity index (χ3n) is 3.34. The molecule has 1 aliphatic heterocycles. The molecule has 1 fully saturated rings. The van der Waals surface area contributed by atoms with E-state index in [-0.39, 0.29) is 5.91 Å². The zero-order chi connectivity index (χ0) is 11.8. The monoisotopic (exact) mass is 226 g/mol. The van der Waals surface area contributed by atoms with Gasteiger partial charge in [-0.3, -0.25) is 9.69 Å². The Hall–Kier alpha value is -0.570. The zero-order valence-corrected chi connectivity index (χ0v) is 10.8. The average Bonchev–Trinajstić information content (AvgIpc) is 2.21. The number of carbonyl (C=O) groups is 1. The largest absolute Gasteiger partial charge is 0.353 e. The molecule has 0 unspecified atom stereocenters. The molecule has 16 heavy (non-hydrogen) atoms. The Labute approximate surface area is 99.6 Å². The standard InChI is InChI=1S/C13H26N2O/c1-3-12(2)14-13(16)11-15-9-7-5-4-6-8-10-15/h12H,3-11H2,1-2H3,(H,14,16)/t12-/m1/s1. The molecule has 0 aliphatic carbocycles. The smallest absolute Gasteiger partial charge is 0.234 e. The van der Waals surface area contributed by atoms with Crippen molar-refractivity contribution in [2.24, 2.45) is 0 Å². The van der Waals surface area contributed by atoms with Crippen LogP contribution >= 0.6 is 0 Å². The van der Waals surface area contributed by atoms with E-state index in [4.69, 9.17) is 0 Å². The van der Waals surface area contributed by atoms with Crippen molar-refractivity contribution in [3.8, 4) is 0 Å². The van der Waals surface area contributed by atoms with Gasteiger partial charge in [0, 0.05) is 6.04 Å². The van der Waals surface area contributed by atoms with Gasteiger partial charge in [0.2, 0.25) is 5.91 Å². The number of carbonyl (C=O) groups excluding carboxylic acids is 1. The lowest BCUT2D eigenvalue weighted by Crippen LogP contribution is -2.41. The molecule has 3 nitrogen and oxygen atoms in total. The maximum Gasteiger partial charge on any atom is 0.234 e. The van der Waals surface area contributed by atoms with Crippen LogP contribution in [0, 0.1) is 0 Å². The molecule has 0 saturated carbocycles. The van der Waals surface area contributed by atoms with Crippen LogP contribution in [0.1, 0.15) is 52.4 Å². The van der Waals surface area contributed by atoms with Crippen LogP contribution in [0.25, 0.3) is 0 Å². The van der Waals surface area contributed by atoms with Crippen molar-refractivity contribution in [2.75, 3.05) is 19.6 Å². The highest BCUT2D eigenvalue weighted by atomic mass is 16.2. The van der Waals surface area contributed by atoms with Crippen molar-refractivity contribution in [3.63, 3.8) is 0 Å². The van der Waals surface area contributed by atoms with Gasteiger partial charge in [-0.05, 0) is 39.3 Å². The van der Waals surface area contributed by atoms with Crippen LogP contribution in [-0.2, 0) is 4.79 Å². The second-order valence-electron chi connectivity index (χ2n) is 4.92. The van der Waals surface area contributed by atoms with Gasteiger partial charge in [-0.15, -0.1) is 0 Å². The predicted molar refractivity (Wildman–Crippen MR) is 67.4 cm³/mol. The number of nitrogens with zero attached hydrogens (tertiary/aromatic N) is 1. The van der Waals surface area contributed by atoms with Gasteiger partial charge in [-0.1, -0.05) is 26.2 Å². The maximum absolute atomic E-state index is 11.7. The molecule has 0 bridgehead atoms. The van der Waals surface area contributed by atoms with E-state index in [0.717, 1.165) is 19.5 Å². The van der Waals surface area contributed by atoms with Gasteiger partial charge in [-0.2, -0.15) is 0 Å². The van der Waals surface area contributed by atoms with Crippen LogP contribution < -0.4 is 5.32 Å². The summed E-state index contributed by atoms with van der Waals surface area (Å²) in [6.45, 7) is 6.93. The summed E-state index contributed by atoms with van der Waals surface area (Å²) in [7, 11) is 0. The Morgan fingerprint density at radius 1 is 1.19 bits per heavy atom. The summed E-state index contributed by atoms with van der Waals surface area (Å²) < 4.78 is 0. The number of rotatable bonds is 4. The fraction of sp³-hybridized carbons (Fsp3) is 0.923. The lowest BCUT2D eigenvalue weighted by Gasteiger charge is -2.24. The fourth-order valence-corrected chi connectivity index (χ4v) is 2.10. The molecule has 1 N–H and O–H groups in total. The van der Waals surface area contributed by atoms with E-state index < -0.39 is 0 Å². The van der Waals surface area contributed by atoms with E-state index in [1.165, 1.54) is 32.1 Å². The predicted octanol–water partition coefficient (Wildman–Crippen LogP) is 2.17. The summed E-state index contributed by atoms with van der Waals surface area (Å²) in [5.74, 6) is 0.190. The summed E-state index contributed by atoms with van der Waals surface area (Å²) in [6.07, 6.45) is 7.51. The topological polar surface area (TPSA) is 32.3 Å². The summed E-state index contributed by atoms with van der Waals surface area (Å²) in [4.78, 5) is 14.0. The quantitative estimate of drug-likeness (QED) is 0.797. The molecule has 0 aromatic heterocycles. The third-order valence-corrected chi connectivity index (χ3v) is 3.34. The lowest BCUT2D eigenvalue weighted by atomic mass is 10.1. The number of amides is 1. The van der Waals surface area contributed by atoms with Crippen molar-refractivity contribution >= 4 is 5.91 Å². The summed E-state index contributed by atoms with van der Waals surface area (Å²) >= 11 is 0. The first-order valence-electron chi connectivity index (χ1n) is 6.74. The van der Waals surface area contributed by atoms with Crippen LogP contribution in [0.4, 0.5) is 0 Å². The minimum absolute atomic E-state index is 0.190. The number of hydrogen-bond donors (Lipinski definition) is 1. The van der Waals surface area contributed by atoms with E-state index in [1.807, 2.05) is 0 Å². The van der Waals surface area contributed by atoms with Gasteiger partial charge in [0.1, 0.15) is 0 Å². The van der Waals surface area contributed by atoms with Crippen molar-refractivity contribution < 1.29 is 4.79 Å². The van der Waals surface area contributed by atoms with Gasteiger partial charge >= 0.3 is 0 Å². The average molecular weight is 226 g/mol. The van der Waals surface area contributed by atoms with Gasteiger partial charge in [0.05, 0.1) is 6.54 Å².